The summed E-state index contributed by atoms with van der Waals surface area (Å²) >= 11 is 0. The maximum absolute atomic E-state index is 15.5. The SMILES string of the molecule is CC(C)(C)[Si](C)(C)OCc1cccc(N2CCN(c3cnc(OCC4CCN(C(=O)C5CC5)CC4)nc3)CC2)c1F. The summed E-state index contributed by atoms with van der Waals surface area (Å²) in [5.74, 6) is 0.883. The van der Waals surface area contributed by atoms with Gasteiger partial charge in [0.2, 0.25) is 5.91 Å². The Labute approximate surface area is 245 Å². The zero-order chi connectivity index (χ0) is 29.2. The molecule has 224 valence electrons. The number of carbonyl (C=O) groups excluding carboxylic acids is 1. The van der Waals surface area contributed by atoms with E-state index in [1.165, 1.54) is 0 Å². The number of rotatable bonds is 9. The van der Waals surface area contributed by atoms with Crippen LogP contribution in [0.15, 0.2) is 30.6 Å². The number of hydrogen-bond donors (Lipinski definition) is 0. The molecule has 10 heteroatoms. The summed E-state index contributed by atoms with van der Waals surface area (Å²) in [6.45, 7) is 16.5. The predicted molar refractivity (Wildman–Crippen MR) is 162 cm³/mol. The summed E-state index contributed by atoms with van der Waals surface area (Å²) in [4.78, 5) is 27.5. The number of likely N-dealkylation sites (tertiary alicyclic amines) is 1. The highest BCUT2D eigenvalue weighted by molar-refractivity contribution is 6.74. The number of piperidine rings is 1. The second-order valence-corrected chi connectivity index (χ2v) is 18.2. The van der Waals surface area contributed by atoms with Crippen LogP contribution in [-0.2, 0) is 15.8 Å². The first kappa shape index (κ1) is 29.8. The van der Waals surface area contributed by atoms with Crippen molar-refractivity contribution in [1.29, 1.82) is 0 Å². The molecule has 2 aromatic rings. The Morgan fingerprint density at radius 3 is 2.22 bits per heavy atom. The van der Waals surface area contributed by atoms with Gasteiger partial charge in [-0.15, -0.1) is 0 Å². The fourth-order valence-electron chi connectivity index (χ4n) is 5.25. The first-order chi connectivity index (χ1) is 19.5. The Bertz CT molecular complexity index is 1190. The van der Waals surface area contributed by atoms with Gasteiger partial charge in [0.1, 0.15) is 0 Å². The second kappa shape index (κ2) is 12.3. The van der Waals surface area contributed by atoms with Gasteiger partial charge in [-0.25, -0.2) is 14.4 Å². The first-order valence-electron chi connectivity index (χ1n) is 15.2. The summed E-state index contributed by atoms with van der Waals surface area (Å²) in [7, 11) is -1.96. The summed E-state index contributed by atoms with van der Waals surface area (Å²) < 4.78 is 27.7. The summed E-state index contributed by atoms with van der Waals surface area (Å²) in [5, 5.41) is 0.0842. The monoisotopic (exact) mass is 583 g/mol. The Morgan fingerprint density at radius 2 is 1.61 bits per heavy atom. The molecule has 0 spiro atoms. The Hall–Kier alpha value is -2.72. The van der Waals surface area contributed by atoms with E-state index in [-0.39, 0.29) is 10.9 Å². The number of piperazine rings is 1. The number of anilines is 2. The maximum Gasteiger partial charge on any atom is 0.316 e. The fourth-order valence-corrected chi connectivity index (χ4v) is 6.20. The Balaban J connectivity index is 1.08. The number of aromatic nitrogens is 2. The minimum atomic E-state index is -1.96. The number of ether oxygens (including phenoxy) is 1. The van der Waals surface area contributed by atoms with E-state index in [9.17, 15) is 4.79 Å². The number of nitrogens with zero attached hydrogens (tertiary/aromatic N) is 5. The van der Waals surface area contributed by atoms with Crippen molar-refractivity contribution in [2.45, 2.75) is 71.2 Å². The molecule has 3 fully saturated rings. The van der Waals surface area contributed by atoms with Crippen molar-refractivity contribution in [3.8, 4) is 6.01 Å². The van der Waals surface area contributed by atoms with Gasteiger partial charge in [-0.3, -0.25) is 4.79 Å². The van der Waals surface area contributed by atoms with Gasteiger partial charge in [0, 0.05) is 50.7 Å². The van der Waals surface area contributed by atoms with E-state index in [4.69, 9.17) is 9.16 Å². The Morgan fingerprint density at radius 1 is 0.976 bits per heavy atom. The van der Waals surface area contributed by atoms with Crippen LogP contribution in [0.2, 0.25) is 18.1 Å². The molecule has 0 bridgehead atoms. The standard InChI is InChI=1S/C31H46FN5O3Si/c1-31(2,3)41(4,5)40-22-25-7-6-8-27(28(25)32)36-17-15-35(16-18-36)26-19-33-30(34-20-26)39-21-23-11-13-37(14-12-23)29(38)24-9-10-24/h6-8,19-20,23-24H,9-18,21-22H2,1-5H3. The lowest BCUT2D eigenvalue weighted by Crippen LogP contribution is -2.47. The van der Waals surface area contributed by atoms with Gasteiger partial charge in [0.15, 0.2) is 14.1 Å². The zero-order valence-corrected chi connectivity index (χ0v) is 26.4. The predicted octanol–water partition coefficient (Wildman–Crippen LogP) is 5.49. The van der Waals surface area contributed by atoms with Crippen molar-refractivity contribution >= 4 is 25.6 Å². The van der Waals surface area contributed by atoms with E-state index in [2.05, 4.69) is 53.6 Å². The van der Waals surface area contributed by atoms with Gasteiger partial charge in [-0.1, -0.05) is 32.9 Å². The summed E-state index contributed by atoms with van der Waals surface area (Å²) in [5.41, 5.74) is 2.21. The molecule has 8 nitrogen and oxygen atoms in total. The highest BCUT2D eigenvalue weighted by Gasteiger charge is 2.37. The Kier molecular flexibility index (Phi) is 8.89. The number of amides is 1. The van der Waals surface area contributed by atoms with Crippen molar-refractivity contribution < 1.29 is 18.3 Å². The maximum atomic E-state index is 15.5. The first-order valence-corrected chi connectivity index (χ1v) is 18.1. The number of carbonyl (C=O) groups is 1. The zero-order valence-electron chi connectivity index (χ0n) is 25.4. The molecule has 0 radical (unpaired) electrons. The molecular weight excluding hydrogens is 537 g/mol. The van der Waals surface area contributed by atoms with Crippen LogP contribution in [0.25, 0.3) is 0 Å². The van der Waals surface area contributed by atoms with Gasteiger partial charge in [0.25, 0.3) is 0 Å². The van der Waals surface area contributed by atoms with Crippen molar-refractivity contribution in [2.75, 3.05) is 55.7 Å². The van der Waals surface area contributed by atoms with Crippen LogP contribution >= 0.6 is 0 Å². The lowest BCUT2D eigenvalue weighted by atomic mass is 9.97. The molecular formula is C31H46FN5O3Si. The summed E-state index contributed by atoms with van der Waals surface area (Å²) in [6, 6.07) is 6.02. The van der Waals surface area contributed by atoms with E-state index in [1.807, 2.05) is 35.5 Å². The number of halogens is 1. The molecule has 5 rings (SSSR count). The second-order valence-electron chi connectivity index (χ2n) is 13.4. The molecule has 1 aliphatic carbocycles. The number of hydrogen-bond acceptors (Lipinski definition) is 7. The van der Waals surface area contributed by atoms with E-state index in [1.54, 1.807) is 0 Å². The molecule has 1 saturated carbocycles. The third kappa shape index (κ3) is 7.20. The van der Waals surface area contributed by atoms with Crippen LogP contribution in [0.4, 0.5) is 15.8 Å². The fraction of sp³-hybridized carbons (Fsp3) is 0.645. The van der Waals surface area contributed by atoms with Gasteiger partial charge in [-0.2, -0.15) is 0 Å². The molecule has 2 aliphatic heterocycles. The minimum Gasteiger partial charge on any atom is -0.463 e. The third-order valence-corrected chi connectivity index (χ3v) is 13.8. The van der Waals surface area contributed by atoms with Crippen LogP contribution < -0.4 is 14.5 Å². The molecule has 1 aromatic heterocycles. The van der Waals surface area contributed by atoms with Crippen LogP contribution in [0, 0.1) is 17.7 Å². The molecule has 41 heavy (non-hydrogen) atoms. The van der Waals surface area contributed by atoms with Crippen LogP contribution in [-0.4, -0.2) is 75.0 Å². The van der Waals surface area contributed by atoms with E-state index in [0.717, 1.165) is 57.5 Å². The topological polar surface area (TPSA) is 71.0 Å². The molecule has 0 atom stereocenters. The minimum absolute atomic E-state index is 0.0842. The van der Waals surface area contributed by atoms with E-state index in [0.29, 0.717) is 61.3 Å². The normalized spacial score (nSPS) is 19.0. The third-order valence-electron chi connectivity index (χ3n) is 9.35. The lowest BCUT2D eigenvalue weighted by Gasteiger charge is -2.38. The van der Waals surface area contributed by atoms with Gasteiger partial charge < -0.3 is 23.9 Å². The molecule has 0 unspecified atom stereocenters. The average molecular weight is 584 g/mol. The largest absolute Gasteiger partial charge is 0.463 e. The van der Waals surface area contributed by atoms with Gasteiger partial charge in [-0.05, 0) is 55.8 Å². The summed E-state index contributed by atoms with van der Waals surface area (Å²) in [6.07, 6.45) is 7.68. The van der Waals surface area contributed by atoms with Crippen molar-refractivity contribution in [3.05, 3.63) is 42.0 Å². The van der Waals surface area contributed by atoms with E-state index >= 15 is 4.39 Å². The molecule has 3 heterocycles. The molecule has 0 N–H and O–H groups in total. The molecule has 3 aliphatic rings. The highest BCUT2D eigenvalue weighted by atomic mass is 28.4. The van der Waals surface area contributed by atoms with E-state index < -0.39 is 8.32 Å². The quantitative estimate of drug-likeness (QED) is 0.362. The highest BCUT2D eigenvalue weighted by Crippen LogP contribution is 2.37. The average Bonchev–Trinajstić information content (AvgIpc) is 3.81. The van der Waals surface area contributed by atoms with Crippen LogP contribution in [0.1, 0.15) is 52.0 Å². The molecule has 1 amide bonds. The van der Waals surface area contributed by atoms with Crippen LogP contribution in [0.3, 0.4) is 0 Å². The number of benzene rings is 1. The van der Waals surface area contributed by atoms with Crippen molar-refractivity contribution in [1.82, 2.24) is 14.9 Å². The van der Waals surface area contributed by atoms with Gasteiger partial charge >= 0.3 is 6.01 Å². The smallest absolute Gasteiger partial charge is 0.316 e. The van der Waals surface area contributed by atoms with Crippen molar-refractivity contribution in [3.63, 3.8) is 0 Å². The van der Waals surface area contributed by atoms with Gasteiger partial charge in [0.05, 0.1) is 37.0 Å². The molecule has 1 aromatic carbocycles. The van der Waals surface area contributed by atoms with Crippen LogP contribution in [0.5, 0.6) is 6.01 Å². The lowest BCUT2D eigenvalue weighted by molar-refractivity contribution is -0.134. The van der Waals surface area contributed by atoms with Crippen molar-refractivity contribution in [2.24, 2.45) is 11.8 Å². The molecule has 2 saturated heterocycles.